The molecule has 5 rings (SSSR count). The molecule has 2 atom stereocenters. The highest BCUT2D eigenvalue weighted by Gasteiger charge is 2.43. The lowest BCUT2D eigenvalue weighted by Gasteiger charge is -2.11. The van der Waals surface area contributed by atoms with Crippen molar-refractivity contribution in [1.82, 2.24) is 24.6 Å². The molecule has 1 saturated carbocycles. The summed E-state index contributed by atoms with van der Waals surface area (Å²) in [6, 6.07) is 0. The van der Waals surface area contributed by atoms with Crippen molar-refractivity contribution < 1.29 is 13.6 Å². The Morgan fingerprint density at radius 3 is 2.82 bits per heavy atom. The van der Waals surface area contributed by atoms with Crippen molar-refractivity contribution in [1.29, 1.82) is 0 Å². The molecule has 174 valence electrons. The molecular weight excluding hydrogens is 478 g/mol. The van der Waals surface area contributed by atoms with Gasteiger partial charge in [0.05, 0.1) is 40.7 Å². The van der Waals surface area contributed by atoms with Crippen LogP contribution in [0.25, 0.3) is 27.8 Å². The molecule has 0 spiro atoms. The van der Waals surface area contributed by atoms with Crippen LogP contribution in [0.5, 0.6) is 0 Å². The predicted molar refractivity (Wildman–Crippen MR) is 130 cm³/mol. The van der Waals surface area contributed by atoms with Gasteiger partial charge in [0, 0.05) is 29.1 Å². The van der Waals surface area contributed by atoms with Gasteiger partial charge in [-0.05, 0) is 6.42 Å². The number of rotatable bonds is 4. The van der Waals surface area contributed by atoms with Crippen LogP contribution in [0.2, 0.25) is 24.7 Å². The maximum absolute atomic E-state index is 15.4. The summed E-state index contributed by atoms with van der Waals surface area (Å²) in [5.41, 5.74) is 5.39. The molecule has 0 saturated heterocycles. The number of hydrogen-bond donors (Lipinski definition) is 2. The average Bonchev–Trinajstić information content (AvgIpc) is 3.14. The van der Waals surface area contributed by atoms with Crippen LogP contribution in [0, 0.1) is 23.2 Å². The maximum Gasteiger partial charge on any atom is 0.231 e. The number of aromatic nitrogens is 5. The summed E-state index contributed by atoms with van der Waals surface area (Å²) in [6.07, 6.45) is 5.66. The van der Waals surface area contributed by atoms with Crippen LogP contribution in [0.15, 0.2) is 24.8 Å². The number of hydrogen-bond acceptors (Lipinski definition) is 4. The highest BCUT2D eigenvalue weighted by atomic mass is 35.5. The lowest BCUT2D eigenvalue weighted by atomic mass is 10.0. The van der Waals surface area contributed by atoms with E-state index < -0.39 is 31.9 Å². The fraction of sp³-hybridized carbons (Fsp3) is 0.304. The Kier molecular flexibility index (Phi) is 5.41. The summed E-state index contributed by atoms with van der Waals surface area (Å²) >= 11 is 6.50. The number of amides is 1. The molecule has 1 aromatic carbocycles. The van der Waals surface area contributed by atoms with Gasteiger partial charge in [0.2, 0.25) is 5.91 Å². The fourth-order valence-corrected chi connectivity index (χ4v) is 4.66. The Morgan fingerprint density at radius 1 is 1.35 bits per heavy atom. The number of H-pyrrole nitrogens is 1. The summed E-state index contributed by atoms with van der Waals surface area (Å²) in [7, 11) is -1.60. The van der Waals surface area contributed by atoms with Crippen LogP contribution in [-0.2, 0) is 11.2 Å². The summed E-state index contributed by atoms with van der Waals surface area (Å²) in [6.45, 7) is 6.37. The first-order chi connectivity index (χ1) is 16.1. The average molecular weight is 499 g/mol. The third-order valence-corrected chi connectivity index (χ3v) is 6.80. The topological polar surface area (TPSA) is 88.0 Å². The Hall–Kier alpha value is -3.29. The molecule has 1 aliphatic rings. The quantitative estimate of drug-likeness (QED) is 0.313. The minimum Gasteiger partial charge on any atom is -0.309 e. The van der Waals surface area contributed by atoms with Gasteiger partial charge in [-0.1, -0.05) is 31.2 Å². The number of alkyl halides is 1. The number of aromatic amines is 1. The number of nitrogens with one attached hydrogen (secondary N) is 2. The molecule has 1 fully saturated rings. The standard InChI is InChI=1S/C23H21ClF2N6OSi/c1-34(2,3)6-4-5-12-21(26)20(24)19(14-8-28-31-22(12)14)16-10-32-11-17(29-18(32)9-27-16)30-23(33)13-7-15(13)25/h8-11,13,15H,5,7H2,1-3H3,(H,28,31)(H,30,33). The zero-order valence-electron chi connectivity index (χ0n) is 18.7. The van der Waals surface area contributed by atoms with Gasteiger partial charge in [-0.3, -0.25) is 14.9 Å². The van der Waals surface area contributed by atoms with Crippen molar-refractivity contribution in [2.75, 3.05) is 5.32 Å². The summed E-state index contributed by atoms with van der Waals surface area (Å²) < 4.78 is 30.2. The van der Waals surface area contributed by atoms with Crippen molar-refractivity contribution in [2.24, 2.45) is 5.92 Å². The van der Waals surface area contributed by atoms with E-state index in [1.807, 2.05) is 0 Å². The normalized spacial score (nSPS) is 17.6. The Balaban J connectivity index is 1.53. The summed E-state index contributed by atoms with van der Waals surface area (Å²) in [4.78, 5) is 20.7. The van der Waals surface area contributed by atoms with Gasteiger partial charge in [0.25, 0.3) is 0 Å². The van der Waals surface area contributed by atoms with E-state index in [1.165, 1.54) is 6.20 Å². The summed E-state index contributed by atoms with van der Waals surface area (Å²) in [5.74, 6) is 1.78. The number of fused-ring (bicyclic) bond motifs is 2. The Bertz CT molecular complexity index is 1510. The summed E-state index contributed by atoms with van der Waals surface area (Å²) in [5, 5.41) is 10.1. The van der Waals surface area contributed by atoms with E-state index in [0.29, 0.717) is 33.4 Å². The predicted octanol–water partition coefficient (Wildman–Crippen LogP) is 4.78. The second-order valence-corrected chi connectivity index (χ2v) is 14.5. The molecule has 7 nitrogen and oxygen atoms in total. The van der Waals surface area contributed by atoms with E-state index in [9.17, 15) is 9.18 Å². The van der Waals surface area contributed by atoms with Crippen molar-refractivity contribution in [2.45, 2.75) is 38.7 Å². The second kappa shape index (κ2) is 8.18. The smallest absolute Gasteiger partial charge is 0.231 e. The fourth-order valence-electron chi connectivity index (χ4n) is 3.73. The third kappa shape index (κ3) is 4.17. The number of halogens is 3. The second-order valence-electron chi connectivity index (χ2n) is 9.38. The Labute approximate surface area is 199 Å². The zero-order valence-corrected chi connectivity index (χ0v) is 20.5. The monoisotopic (exact) mass is 498 g/mol. The van der Waals surface area contributed by atoms with Crippen molar-refractivity contribution in [3.8, 4) is 22.7 Å². The molecule has 1 aliphatic carbocycles. The minimum absolute atomic E-state index is 0.0677. The SMILES string of the molecule is C[Si](C)(C)C#CCc1c(F)c(Cl)c(-c2cn3cc(NC(=O)C4CC4F)nc3cn2)c2cn[nH]c12. The molecule has 2 unspecified atom stereocenters. The maximum atomic E-state index is 15.4. The van der Waals surface area contributed by atoms with Gasteiger partial charge >= 0.3 is 0 Å². The third-order valence-electron chi connectivity index (χ3n) is 5.51. The first kappa shape index (κ1) is 22.5. The number of anilines is 1. The number of carbonyl (C=O) groups excluding carboxylic acids is 1. The van der Waals surface area contributed by atoms with Crippen molar-refractivity contribution in [3.63, 3.8) is 0 Å². The first-order valence-electron chi connectivity index (χ1n) is 10.8. The molecule has 0 bridgehead atoms. The minimum atomic E-state index is -1.60. The van der Waals surface area contributed by atoms with Gasteiger partial charge in [0.15, 0.2) is 11.5 Å². The lowest BCUT2D eigenvalue weighted by Crippen LogP contribution is -2.16. The first-order valence-corrected chi connectivity index (χ1v) is 14.6. The van der Waals surface area contributed by atoms with Crippen LogP contribution < -0.4 is 5.32 Å². The van der Waals surface area contributed by atoms with E-state index in [1.54, 1.807) is 23.0 Å². The number of carbonyl (C=O) groups is 1. The Morgan fingerprint density at radius 2 is 2.12 bits per heavy atom. The van der Waals surface area contributed by atoms with Gasteiger partial charge in [-0.2, -0.15) is 5.10 Å². The van der Waals surface area contributed by atoms with Crippen LogP contribution in [0.4, 0.5) is 14.6 Å². The molecule has 4 aromatic rings. The largest absolute Gasteiger partial charge is 0.309 e. The van der Waals surface area contributed by atoms with Gasteiger partial charge in [-0.25, -0.2) is 13.8 Å². The lowest BCUT2D eigenvalue weighted by molar-refractivity contribution is -0.117. The molecule has 3 aromatic heterocycles. The number of imidazole rings is 1. The van der Waals surface area contributed by atoms with E-state index in [4.69, 9.17) is 11.6 Å². The number of nitrogens with zero attached hydrogens (tertiary/aromatic N) is 4. The molecule has 0 aliphatic heterocycles. The van der Waals surface area contributed by atoms with E-state index in [2.05, 4.69) is 56.6 Å². The van der Waals surface area contributed by atoms with E-state index in [-0.39, 0.29) is 23.7 Å². The van der Waals surface area contributed by atoms with Gasteiger partial charge in [0.1, 0.15) is 20.1 Å². The van der Waals surface area contributed by atoms with E-state index >= 15 is 4.39 Å². The van der Waals surface area contributed by atoms with Crippen LogP contribution in [0.3, 0.4) is 0 Å². The highest BCUT2D eigenvalue weighted by Crippen LogP contribution is 2.38. The van der Waals surface area contributed by atoms with E-state index in [0.717, 1.165) is 0 Å². The van der Waals surface area contributed by atoms with Crippen LogP contribution in [0.1, 0.15) is 12.0 Å². The molecule has 2 N–H and O–H groups in total. The highest BCUT2D eigenvalue weighted by molar-refractivity contribution is 6.83. The van der Waals surface area contributed by atoms with Crippen molar-refractivity contribution in [3.05, 3.63) is 41.2 Å². The molecule has 34 heavy (non-hydrogen) atoms. The molecule has 1 amide bonds. The molecule has 0 radical (unpaired) electrons. The van der Waals surface area contributed by atoms with Gasteiger partial charge < -0.3 is 9.72 Å². The molecular formula is C23H21ClF2N6OSi. The molecule has 11 heteroatoms. The number of benzene rings is 1. The van der Waals surface area contributed by atoms with Gasteiger partial charge in [-0.15, -0.1) is 11.5 Å². The van der Waals surface area contributed by atoms with Crippen LogP contribution in [-0.4, -0.2) is 44.7 Å². The van der Waals surface area contributed by atoms with Crippen molar-refractivity contribution >= 4 is 47.9 Å². The van der Waals surface area contributed by atoms with Crippen LogP contribution >= 0.6 is 11.6 Å². The zero-order chi connectivity index (χ0) is 24.2. The molecule has 3 heterocycles.